The van der Waals surface area contributed by atoms with Gasteiger partial charge in [0, 0.05) is 10.8 Å². The molecule has 0 atom stereocenters. The fraction of sp³-hybridized carbons (Fsp3) is 0. The second-order valence-corrected chi connectivity index (χ2v) is 10.8. The van der Waals surface area contributed by atoms with Gasteiger partial charge in [0.1, 0.15) is 11.2 Å². The summed E-state index contributed by atoms with van der Waals surface area (Å²) in [6.07, 6.45) is 0. The van der Waals surface area contributed by atoms with E-state index in [0.717, 1.165) is 16.3 Å². The fourth-order valence-electron chi connectivity index (χ4n) is 6.39. The van der Waals surface area contributed by atoms with Crippen LogP contribution < -0.4 is 0 Å². The van der Waals surface area contributed by atoms with Gasteiger partial charge in [-0.2, -0.15) is 0 Å². The lowest BCUT2D eigenvalue weighted by Crippen LogP contribution is -1.94. The highest BCUT2D eigenvalue weighted by Gasteiger charge is 2.22. The van der Waals surface area contributed by atoms with Gasteiger partial charge in [0.25, 0.3) is 0 Å². The predicted molar refractivity (Wildman–Crippen MR) is 190 cm³/mol. The Bertz CT molecular complexity index is 3070. The van der Waals surface area contributed by atoms with Crippen LogP contribution in [0.25, 0.3) is 88.0 Å². The van der Waals surface area contributed by atoms with E-state index in [1.54, 1.807) is 12.1 Å². The van der Waals surface area contributed by atoms with Crippen LogP contribution in [0.4, 0.5) is 0 Å². The molecule has 0 bridgehead atoms. The molecule has 1 aromatic heterocycles. The van der Waals surface area contributed by atoms with Gasteiger partial charge in [0.05, 0.1) is 15.1 Å². The summed E-state index contributed by atoms with van der Waals surface area (Å²) in [5.74, 6) is 0. The Morgan fingerprint density at radius 2 is 0.911 bits per heavy atom. The monoisotopic (exact) mass is 583 g/mol. The molecule has 0 aliphatic rings. The van der Waals surface area contributed by atoms with Gasteiger partial charge in [-0.3, -0.25) is 0 Å². The highest BCUT2D eigenvalue weighted by Crippen LogP contribution is 2.49. The average molecular weight is 584 g/mol. The highest BCUT2D eigenvalue weighted by molar-refractivity contribution is 6.24. The maximum atomic E-state index is 9.98. The van der Waals surface area contributed by atoms with E-state index in [1.807, 2.05) is 91.0 Å². The van der Waals surface area contributed by atoms with Gasteiger partial charge in [0.2, 0.25) is 0 Å². The van der Waals surface area contributed by atoms with E-state index >= 15 is 0 Å². The van der Waals surface area contributed by atoms with E-state index in [2.05, 4.69) is 0 Å². The molecule has 1 nitrogen and oxygen atoms in total. The van der Waals surface area contributed by atoms with E-state index in [1.165, 1.54) is 0 Å². The third kappa shape index (κ3) is 4.09. The lowest BCUT2D eigenvalue weighted by atomic mass is 9.82. The average Bonchev–Trinajstić information content (AvgIpc) is 3.64. The van der Waals surface area contributed by atoms with Crippen molar-refractivity contribution in [1.82, 2.24) is 0 Å². The molecule has 0 unspecified atom stereocenters. The van der Waals surface area contributed by atoms with Crippen LogP contribution >= 0.6 is 0 Å². The van der Waals surface area contributed by atoms with Crippen molar-refractivity contribution >= 4 is 43.5 Å². The van der Waals surface area contributed by atoms with E-state index in [4.69, 9.17) is 16.8 Å². The standard InChI is InChI=1S/C44H28O/c1-3-15-29(16-4-1)31-19-7-8-21-33(31)43-34-22-9-11-24-36(34)44(37-25-12-10-23-35(37)43)40-27-39-32-20-13-14-26-41(32)45-42(39)28-38(40)30-17-5-2-6-18-30/h1-28H/i1D,3D,4D,13D,14D,15D,16D,20D,26D,27D,28D. The first kappa shape index (κ1) is 16.8. The molecule has 0 saturated carbocycles. The molecule has 1 heterocycles. The summed E-state index contributed by atoms with van der Waals surface area (Å²) in [4.78, 5) is 0. The van der Waals surface area contributed by atoms with Crippen LogP contribution in [0.3, 0.4) is 0 Å². The first-order valence-electron chi connectivity index (χ1n) is 20.1. The number of rotatable bonds is 4. The molecule has 1 heteroatoms. The second kappa shape index (κ2) is 10.4. The normalized spacial score (nSPS) is 15.0. The van der Waals surface area contributed by atoms with Crippen molar-refractivity contribution in [1.29, 1.82) is 0 Å². The van der Waals surface area contributed by atoms with Crippen LogP contribution in [-0.2, 0) is 0 Å². The summed E-state index contributed by atoms with van der Waals surface area (Å²) in [6, 6.07) is 27.9. The lowest BCUT2D eigenvalue weighted by Gasteiger charge is -2.21. The maximum Gasteiger partial charge on any atom is 0.136 e. The molecule has 0 fully saturated rings. The van der Waals surface area contributed by atoms with Crippen molar-refractivity contribution < 1.29 is 19.5 Å². The van der Waals surface area contributed by atoms with Gasteiger partial charge < -0.3 is 4.42 Å². The Balaban J connectivity index is 1.48. The molecule has 0 aliphatic heterocycles. The van der Waals surface area contributed by atoms with Crippen LogP contribution in [0, 0.1) is 0 Å². The first-order valence-corrected chi connectivity index (χ1v) is 14.6. The van der Waals surface area contributed by atoms with E-state index < -0.39 is 36.3 Å². The third-order valence-corrected chi connectivity index (χ3v) is 8.28. The van der Waals surface area contributed by atoms with Gasteiger partial charge in [-0.1, -0.05) is 151 Å². The molecule has 210 valence electrons. The molecule has 0 radical (unpaired) electrons. The predicted octanol–water partition coefficient (Wildman–Crippen LogP) is 12.6. The van der Waals surface area contributed by atoms with Gasteiger partial charge in [-0.05, 0) is 84.2 Å². The van der Waals surface area contributed by atoms with Crippen LogP contribution in [0.1, 0.15) is 15.1 Å². The summed E-state index contributed by atoms with van der Waals surface area (Å²) in [5.41, 5.74) is 3.77. The Morgan fingerprint density at radius 1 is 0.356 bits per heavy atom. The first-order chi connectivity index (χ1) is 26.9. The zero-order valence-electron chi connectivity index (χ0n) is 34.7. The number of benzene rings is 8. The van der Waals surface area contributed by atoms with Gasteiger partial charge in [0.15, 0.2) is 0 Å². The highest BCUT2D eigenvalue weighted by atomic mass is 16.3. The fourth-order valence-corrected chi connectivity index (χ4v) is 6.39. The van der Waals surface area contributed by atoms with Gasteiger partial charge in [-0.25, -0.2) is 0 Å². The van der Waals surface area contributed by atoms with Crippen LogP contribution in [0.15, 0.2) is 174 Å². The third-order valence-electron chi connectivity index (χ3n) is 8.28. The zero-order chi connectivity index (χ0) is 39.3. The molecule has 0 N–H and O–H groups in total. The number of fused-ring (bicyclic) bond motifs is 5. The summed E-state index contributed by atoms with van der Waals surface area (Å²) < 4.78 is 103. The molecule has 0 aliphatic carbocycles. The number of hydrogen-bond acceptors (Lipinski definition) is 1. The van der Waals surface area contributed by atoms with E-state index in [-0.39, 0.29) is 57.7 Å². The minimum atomic E-state index is -0.478. The molecule has 45 heavy (non-hydrogen) atoms. The van der Waals surface area contributed by atoms with E-state index in [0.29, 0.717) is 44.2 Å². The Morgan fingerprint density at radius 3 is 1.60 bits per heavy atom. The summed E-state index contributed by atoms with van der Waals surface area (Å²) >= 11 is 0. The number of para-hydroxylation sites is 1. The van der Waals surface area contributed by atoms with Crippen LogP contribution in [0.5, 0.6) is 0 Å². The van der Waals surface area contributed by atoms with Gasteiger partial charge in [-0.15, -0.1) is 0 Å². The Kier molecular flexibility index (Phi) is 3.87. The maximum absolute atomic E-state index is 9.98. The molecular formula is C44H28O. The number of hydrogen-bond donors (Lipinski definition) is 0. The smallest absolute Gasteiger partial charge is 0.136 e. The zero-order valence-corrected chi connectivity index (χ0v) is 23.7. The minimum Gasteiger partial charge on any atom is -0.456 e. The lowest BCUT2D eigenvalue weighted by molar-refractivity contribution is 0.669. The molecule has 0 spiro atoms. The second-order valence-electron chi connectivity index (χ2n) is 10.8. The van der Waals surface area contributed by atoms with Crippen molar-refractivity contribution in [2.24, 2.45) is 0 Å². The van der Waals surface area contributed by atoms with Crippen molar-refractivity contribution in [3.63, 3.8) is 0 Å². The largest absolute Gasteiger partial charge is 0.456 e. The summed E-state index contributed by atoms with van der Waals surface area (Å²) in [5, 5.41) is 3.03. The number of furan rings is 1. The minimum absolute atomic E-state index is 0.0163. The molecule has 9 aromatic rings. The van der Waals surface area contributed by atoms with Crippen LogP contribution in [-0.4, -0.2) is 0 Å². The van der Waals surface area contributed by atoms with Gasteiger partial charge >= 0.3 is 0 Å². The van der Waals surface area contributed by atoms with Crippen LogP contribution in [0.2, 0.25) is 0 Å². The van der Waals surface area contributed by atoms with Crippen molar-refractivity contribution in [3.8, 4) is 44.5 Å². The quantitative estimate of drug-likeness (QED) is 0.188. The summed E-state index contributed by atoms with van der Waals surface area (Å²) in [7, 11) is 0. The van der Waals surface area contributed by atoms with Crippen molar-refractivity contribution in [2.45, 2.75) is 0 Å². The SMILES string of the molecule is [2H]c1c([2H])c([2H])c(-c2ccccc2-c2c3ccccc3c(-c3c(-c4ccccc4)c([2H])c4oc5c([2H])c([2H])c([2H])c([2H])c5c4c3[2H])c3ccccc23)c([2H])c1[2H]. The summed E-state index contributed by atoms with van der Waals surface area (Å²) in [6.45, 7) is 0. The molecule has 0 amide bonds. The molecular weight excluding hydrogens is 544 g/mol. The Hall–Kier alpha value is -5.92. The topological polar surface area (TPSA) is 13.1 Å². The molecule has 0 saturated heterocycles. The van der Waals surface area contributed by atoms with Crippen molar-refractivity contribution in [2.75, 3.05) is 0 Å². The molecule has 9 rings (SSSR count). The van der Waals surface area contributed by atoms with E-state index in [9.17, 15) is 2.74 Å². The van der Waals surface area contributed by atoms with Crippen molar-refractivity contribution in [3.05, 3.63) is 170 Å². The Labute approximate surface area is 277 Å². The molecule has 8 aromatic carbocycles.